The molecule has 6 N–H and O–H groups in total. The molecular formula is C11H14NO7P. The zero-order valence-electron chi connectivity index (χ0n) is 10.2. The van der Waals surface area contributed by atoms with Crippen molar-refractivity contribution in [1.82, 2.24) is 0 Å². The topological polar surface area (TPSA) is 158 Å². The van der Waals surface area contributed by atoms with Gasteiger partial charge >= 0.3 is 19.5 Å². The Bertz CT molecular complexity index is 555. The molecule has 0 radical (unpaired) electrons. The molecule has 1 aromatic rings. The zero-order valence-corrected chi connectivity index (χ0v) is 11.1. The Kier molecular flexibility index (Phi) is 4.67. The van der Waals surface area contributed by atoms with Gasteiger partial charge in [0, 0.05) is 0 Å². The van der Waals surface area contributed by atoms with Crippen molar-refractivity contribution in [2.24, 2.45) is 11.7 Å². The summed E-state index contributed by atoms with van der Waals surface area (Å²) in [5.74, 6) is -5.72. The molecule has 2 unspecified atom stereocenters. The number of carboxylic acids is 2. The van der Waals surface area contributed by atoms with E-state index in [4.69, 9.17) is 25.7 Å². The first-order valence-electron chi connectivity index (χ1n) is 5.45. The lowest BCUT2D eigenvalue weighted by molar-refractivity contribution is -0.152. The van der Waals surface area contributed by atoms with Crippen molar-refractivity contribution < 1.29 is 34.2 Å². The molecule has 0 bridgehead atoms. The van der Waals surface area contributed by atoms with Crippen LogP contribution < -0.4 is 5.73 Å². The highest BCUT2D eigenvalue weighted by molar-refractivity contribution is 7.54. The van der Waals surface area contributed by atoms with Gasteiger partial charge in [0.05, 0.1) is 0 Å². The highest BCUT2D eigenvalue weighted by Crippen LogP contribution is 2.52. The van der Waals surface area contributed by atoms with Gasteiger partial charge < -0.3 is 25.7 Å². The molecule has 8 nitrogen and oxygen atoms in total. The standard InChI is InChI=1S/C11H14NO7P/c12-11(10(15)16,20(17,18)19)8(9(13)14)6-7-4-2-1-3-5-7/h1-5,8H,6,12H2,(H,13,14)(H,15,16)(H2,17,18,19). The summed E-state index contributed by atoms with van der Waals surface area (Å²) in [6, 6.07) is 7.86. The second-order valence-electron chi connectivity index (χ2n) is 4.26. The van der Waals surface area contributed by atoms with Crippen molar-refractivity contribution in [2.75, 3.05) is 0 Å². The summed E-state index contributed by atoms with van der Waals surface area (Å²) in [4.78, 5) is 40.6. The van der Waals surface area contributed by atoms with Crippen molar-refractivity contribution in [3.8, 4) is 0 Å². The molecular weight excluding hydrogens is 289 g/mol. The largest absolute Gasteiger partial charge is 0.481 e. The molecule has 0 aromatic heterocycles. The number of carboxylic acid groups (broad SMARTS) is 2. The van der Waals surface area contributed by atoms with Gasteiger partial charge in [-0.25, -0.2) is 4.79 Å². The van der Waals surface area contributed by atoms with Gasteiger partial charge in [-0.05, 0) is 12.0 Å². The lowest BCUT2D eigenvalue weighted by Crippen LogP contribution is -2.57. The van der Waals surface area contributed by atoms with Gasteiger partial charge in [-0.2, -0.15) is 0 Å². The number of carbonyl (C=O) groups is 2. The smallest absolute Gasteiger partial charge is 0.357 e. The summed E-state index contributed by atoms with van der Waals surface area (Å²) in [6.45, 7) is 0. The maximum atomic E-state index is 11.4. The molecule has 0 aliphatic heterocycles. The van der Waals surface area contributed by atoms with E-state index in [-0.39, 0.29) is 0 Å². The normalized spacial score (nSPS) is 16.1. The minimum atomic E-state index is -5.39. The summed E-state index contributed by atoms with van der Waals surface area (Å²) >= 11 is 0. The van der Waals surface area contributed by atoms with E-state index in [1.807, 2.05) is 0 Å². The highest BCUT2D eigenvalue weighted by Gasteiger charge is 2.59. The van der Waals surface area contributed by atoms with Crippen molar-refractivity contribution in [3.63, 3.8) is 0 Å². The SMILES string of the molecule is NC(C(=O)O)(C(Cc1ccccc1)C(=O)O)P(=O)(O)O. The molecule has 0 saturated carbocycles. The van der Waals surface area contributed by atoms with Gasteiger partial charge in [-0.1, -0.05) is 30.3 Å². The Labute approximate surface area is 114 Å². The third kappa shape index (κ3) is 3.05. The first-order chi connectivity index (χ1) is 9.10. The Hall–Kier alpha value is -1.73. The van der Waals surface area contributed by atoms with Gasteiger partial charge in [-0.3, -0.25) is 9.36 Å². The average Bonchev–Trinajstić information content (AvgIpc) is 2.34. The van der Waals surface area contributed by atoms with Crippen molar-refractivity contribution in [2.45, 2.75) is 11.7 Å². The van der Waals surface area contributed by atoms with Crippen LogP contribution in [0.25, 0.3) is 0 Å². The van der Waals surface area contributed by atoms with Crippen LogP contribution in [-0.2, 0) is 20.6 Å². The number of rotatable bonds is 6. The lowest BCUT2D eigenvalue weighted by Gasteiger charge is -2.31. The fourth-order valence-corrected chi connectivity index (χ4v) is 2.61. The van der Waals surface area contributed by atoms with Crippen LogP contribution in [0, 0.1) is 5.92 Å². The van der Waals surface area contributed by atoms with E-state index in [0.29, 0.717) is 5.56 Å². The number of nitrogens with two attached hydrogens (primary N) is 1. The summed E-state index contributed by atoms with van der Waals surface area (Å²) in [5.41, 5.74) is 5.67. The second-order valence-corrected chi connectivity index (χ2v) is 6.08. The van der Waals surface area contributed by atoms with E-state index >= 15 is 0 Å². The first kappa shape index (κ1) is 16.3. The molecule has 1 rings (SSSR count). The number of aliphatic carboxylic acids is 2. The third-order valence-electron chi connectivity index (χ3n) is 2.94. The van der Waals surface area contributed by atoms with Gasteiger partial charge in [0.25, 0.3) is 0 Å². The molecule has 0 fully saturated rings. The van der Waals surface area contributed by atoms with Crippen LogP contribution in [0.15, 0.2) is 30.3 Å². The Morgan fingerprint density at radius 3 is 2.05 bits per heavy atom. The summed E-state index contributed by atoms with van der Waals surface area (Å²) in [5, 5.41) is 14.9. The Balaban J connectivity index is 3.28. The molecule has 0 aliphatic carbocycles. The van der Waals surface area contributed by atoms with Crippen LogP contribution >= 0.6 is 7.60 Å². The average molecular weight is 303 g/mol. The van der Waals surface area contributed by atoms with Crippen LogP contribution in [-0.4, -0.2) is 37.2 Å². The molecule has 0 amide bonds. The molecule has 0 heterocycles. The van der Waals surface area contributed by atoms with E-state index in [0.717, 1.165) is 0 Å². The molecule has 110 valence electrons. The molecule has 1 aromatic carbocycles. The summed E-state index contributed by atoms with van der Waals surface area (Å²) in [6.07, 6.45) is -0.413. The molecule has 0 saturated heterocycles. The van der Waals surface area contributed by atoms with E-state index in [1.54, 1.807) is 18.2 Å². The van der Waals surface area contributed by atoms with Gasteiger partial charge in [0.1, 0.15) is 5.92 Å². The maximum absolute atomic E-state index is 11.4. The van der Waals surface area contributed by atoms with Gasteiger partial charge in [0.2, 0.25) is 5.28 Å². The monoisotopic (exact) mass is 303 g/mol. The highest BCUT2D eigenvalue weighted by atomic mass is 31.2. The van der Waals surface area contributed by atoms with Crippen LogP contribution in [0.5, 0.6) is 0 Å². The summed E-state index contributed by atoms with van der Waals surface area (Å²) < 4.78 is 11.4. The number of hydrogen-bond acceptors (Lipinski definition) is 4. The van der Waals surface area contributed by atoms with E-state index in [1.165, 1.54) is 12.1 Å². The third-order valence-corrected chi connectivity index (χ3v) is 4.40. The van der Waals surface area contributed by atoms with Gasteiger partial charge in [0.15, 0.2) is 0 Å². The Morgan fingerprint density at radius 2 is 1.70 bits per heavy atom. The summed E-state index contributed by atoms with van der Waals surface area (Å²) in [7, 11) is -5.39. The van der Waals surface area contributed by atoms with Crippen LogP contribution in [0.1, 0.15) is 5.56 Å². The van der Waals surface area contributed by atoms with Gasteiger partial charge in [-0.15, -0.1) is 0 Å². The predicted molar refractivity (Wildman–Crippen MR) is 67.9 cm³/mol. The van der Waals surface area contributed by atoms with E-state index in [9.17, 15) is 14.2 Å². The minimum absolute atomic E-state index is 0.407. The lowest BCUT2D eigenvalue weighted by atomic mass is 9.92. The van der Waals surface area contributed by atoms with E-state index in [2.05, 4.69) is 0 Å². The van der Waals surface area contributed by atoms with E-state index < -0.39 is 37.2 Å². The second kappa shape index (κ2) is 5.72. The predicted octanol–water partition coefficient (Wildman–Crippen LogP) is -0.153. The fourth-order valence-electron chi connectivity index (χ4n) is 1.76. The first-order valence-corrected chi connectivity index (χ1v) is 7.06. The van der Waals surface area contributed by atoms with Crippen LogP contribution in [0.4, 0.5) is 0 Å². The molecule has 20 heavy (non-hydrogen) atoms. The van der Waals surface area contributed by atoms with Crippen molar-refractivity contribution in [1.29, 1.82) is 0 Å². The minimum Gasteiger partial charge on any atom is -0.481 e. The molecule has 0 aliphatic rings. The number of benzene rings is 1. The van der Waals surface area contributed by atoms with Crippen molar-refractivity contribution >= 4 is 19.5 Å². The molecule has 0 spiro atoms. The maximum Gasteiger partial charge on any atom is 0.357 e. The van der Waals surface area contributed by atoms with Crippen LogP contribution in [0.3, 0.4) is 0 Å². The molecule has 2 atom stereocenters. The molecule has 9 heteroatoms. The zero-order chi connectivity index (χ0) is 15.6. The van der Waals surface area contributed by atoms with Crippen LogP contribution in [0.2, 0.25) is 0 Å². The number of hydrogen-bond donors (Lipinski definition) is 5. The fraction of sp³-hybridized carbons (Fsp3) is 0.273. The quantitative estimate of drug-likeness (QED) is 0.454. The Morgan fingerprint density at radius 1 is 1.20 bits per heavy atom. The van der Waals surface area contributed by atoms with Crippen molar-refractivity contribution in [3.05, 3.63) is 35.9 Å².